The van der Waals surface area contributed by atoms with Gasteiger partial charge >= 0.3 is 0 Å². The number of nitro groups is 2. The summed E-state index contributed by atoms with van der Waals surface area (Å²) in [6.45, 7) is 1.43. The molecule has 95 heavy (non-hydrogen) atoms. The first kappa shape index (κ1) is 65.1. The monoisotopic (exact) mass is 1360 g/mol. The van der Waals surface area contributed by atoms with Gasteiger partial charge in [0.25, 0.3) is 23.2 Å². The number of carbonyl (C=O) groups is 2. The average molecular weight is 1360 g/mol. The molecule has 18 heteroatoms. The summed E-state index contributed by atoms with van der Waals surface area (Å²) in [6, 6.07) is 74.3. The van der Waals surface area contributed by atoms with E-state index in [2.05, 4.69) is 72.6 Å². The Kier molecular flexibility index (Phi) is 19.4. The second-order valence-electron chi connectivity index (χ2n) is 22.9. The molecule has 0 saturated heterocycles. The molecule has 0 N–H and O–H groups in total. The quantitative estimate of drug-likeness (QED) is 0.102. The number of anilines is 3. The topological polar surface area (TPSA) is 149 Å². The van der Waals surface area contributed by atoms with E-state index in [9.17, 15) is 29.8 Å². The number of fused-ring (bicyclic) bond motifs is 6. The van der Waals surface area contributed by atoms with E-state index >= 15 is 0 Å². The molecule has 3 heterocycles. The van der Waals surface area contributed by atoms with Crippen molar-refractivity contribution >= 4 is 98.3 Å². The van der Waals surface area contributed by atoms with Crippen LogP contribution < -0.4 is 24.2 Å². The van der Waals surface area contributed by atoms with E-state index in [1.165, 1.54) is 76.5 Å². The number of ether oxygens (including phenoxy) is 2. The van der Waals surface area contributed by atoms with Crippen LogP contribution >= 0.6 is 58.0 Å². The maximum atomic E-state index is 13.8. The van der Waals surface area contributed by atoms with Gasteiger partial charge in [-0.05, 0) is 164 Å². The minimum absolute atomic E-state index is 0.0801. The van der Waals surface area contributed by atoms with Crippen LogP contribution in [-0.2, 0) is 19.6 Å². The standard InChI is InChI=1S/2C28H20Cl2N2O4.C21H18ClN/c1-36-25-8-4-5-18-16-31(28(33)17-9-12-20(13-10-17)32(34)35)24-14-11-19(29)15-22(24)27(26(18)25)21-6-2-3-7-23(21)30;1-36-21-11-12-22-18(14-21)16-31(28(33)17-6-9-20(10-7-17)32(34)35)26-13-8-19(29)15-24(26)27(22)23-4-2-3-5-25(23)30;1-23-14-15-8-2-3-9-16(15)21(17-10-4-6-12-19(17)22)18-11-5-7-13-20(18)23/h2*2-15,27H,16H2,1H3;2-13,21H,14H2,1H3. The minimum Gasteiger partial charge on any atom is -0.497 e. The Bertz CT molecular complexity index is 4690. The molecule has 0 saturated carbocycles. The maximum absolute atomic E-state index is 13.8. The van der Waals surface area contributed by atoms with Crippen LogP contribution in [0, 0.1) is 20.2 Å². The summed E-state index contributed by atoms with van der Waals surface area (Å²) in [5, 5.41) is 25.3. The fourth-order valence-electron chi connectivity index (χ4n) is 13.0. The largest absolute Gasteiger partial charge is 0.497 e. The molecule has 11 aromatic carbocycles. The number of non-ortho nitro benzene ring substituents is 2. The van der Waals surface area contributed by atoms with Crippen molar-refractivity contribution in [3.05, 3.63) is 366 Å². The van der Waals surface area contributed by atoms with Crippen LogP contribution in [0.15, 0.2) is 243 Å². The number of hydrogen-bond acceptors (Lipinski definition) is 9. The van der Waals surface area contributed by atoms with Gasteiger partial charge in [0.1, 0.15) is 11.5 Å². The predicted molar refractivity (Wildman–Crippen MR) is 378 cm³/mol. The van der Waals surface area contributed by atoms with Crippen molar-refractivity contribution in [1.29, 1.82) is 0 Å². The number of nitro benzene ring substituents is 2. The van der Waals surface area contributed by atoms with Gasteiger partial charge in [0.2, 0.25) is 0 Å². The molecular formula is C77H58Cl5N5O8. The van der Waals surface area contributed by atoms with Gasteiger partial charge in [-0.2, -0.15) is 0 Å². The molecule has 0 aliphatic carbocycles. The lowest BCUT2D eigenvalue weighted by Crippen LogP contribution is -2.30. The summed E-state index contributed by atoms with van der Waals surface area (Å²) in [6.07, 6.45) is 0. The zero-order chi connectivity index (χ0) is 66.6. The fraction of sp³-hybridized carbons (Fsp3) is 0.117. The summed E-state index contributed by atoms with van der Waals surface area (Å²) < 4.78 is 11.3. The van der Waals surface area contributed by atoms with Gasteiger partial charge in [0.15, 0.2) is 0 Å². The molecule has 13 nitrogen and oxygen atoms in total. The molecule has 2 amide bonds. The van der Waals surface area contributed by atoms with Crippen molar-refractivity contribution in [2.24, 2.45) is 0 Å². The average Bonchev–Trinajstić information content (AvgIpc) is 1.67. The molecule has 14 rings (SSSR count). The van der Waals surface area contributed by atoms with E-state index in [1.807, 2.05) is 121 Å². The van der Waals surface area contributed by atoms with Crippen LogP contribution in [-0.4, -0.2) is 42.9 Å². The summed E-state index contributed by atoms with van der Waals surface area (Å²) >= 11 is 32.9. The zero-order valence-electron chi connectivity index (χ0n) is 51.3. The van der Waals surface area contributed by atoms with Gasteiger partial charge in [-0.1, -0.05) is 173 Å². The van der Waals surface area contributed by atoms with E-state index in [0.717, 1.165) is 56.1 Å². The number of amides is 2. The molecule has 0 fully saturated rings. The van der Waals surface area contributed by atoms with Gasteiger partial charge in [-0.3, -0.25) is 29.8 Å². The Morgan fingerprint density at radius 1 is 0.400 bits per heavy atom. The molecule has 3 atom stereocenters. The van der Waals surface area contributed by atoms with Crippen LogP contribution in [0.1, 0.15) is 105 Å². The summed E-state index contributed by atoms with van der Waals surface area (Å²) in [5.74, 6) is 0.285. The van der Waals surface area contributed by atoms with Crippen molar-refractivity contribution < 1.29 is 28.9 Å². The number of benzene rings is 11. The van der Waals surface area contributed by atoms with Crippen molar-refractivity contribution in [3.63, 3.8) is 0 Å². The minimum atomic E-state index is -0.492. The van der Waals surface area contributed by atoms with E-state index in [0.29, 0.717) is 54.1 Å². The van der Waals surface area contributed by atoms with Crippen LogP contribution in [0.3, 0.4) is 0 Å². The Morgan fingerprint density at radius 3 is 1.34 bits per heavy atom. The van der Waals surface area contributed by atoms with Gasteiger partial charge in [-0.25, -0.2) is 0 Å². The number of halogens is 5. The lowest BCUT2D eigenvalue weighted by molar-refractivity contribution is -0.385. The molecule has 0 bridgehead atoms. The van der Waals surface area contributed by atoms with E-state index < -0.39 is 9.85 Å². The Hall–Kier alpha value is -9.99. The van der Waals surface area contributed by atoms with E-state index in [4.69, 9.17) is 67.5 Å². The molecule has 3 aliphatic heterocycles. The van der Waals surface area contributed by atoms with Crippen molar-refractivity contribution in [1.82, 2.24) is 0 Å². The maximum Gasteiger partial charge on any atom is 0.269 e. The first-order chi connectivity index (χ1) is 46.0. The Labute approximate surface area is 574 Å². The third kappa shape index (κ3) is 13.3. The molecule has 3 unspecified atom stereocenters. The molecule has 0 radical (unpaired) electrons. The molecular weight excluding hydrogens is 1300 g/mol. The van der Waals surface area contributed by atoms with Crippen LogP contribution in [0.25, 0.3) is 0 Å². The van der Waals surface area contributed by atoms with Crippen LogP contribution in [0.5, 0.6) is 11.5 Å². The number of hydrogen-bond donors (Lipinski definition) is 0. The SMILES string of the molecule is CN1Cc2ccccc2C(c2ccccc2Cl)c2ccccc21.COc1ccc2c(c1)CN(C(=O)c1ccc([N+](=O)[O-])cc1)c1ccc(Cl)cc1C2c1ccccc1Cl.COc1cccc2c1C(c1ccccc1Cl)c1cc(Cl)ccc1N(C(=O)c1ccc([N+](=O)[O-])cc1)C2. The van der Waals surface area contributed by atoms with Gasteiger partial charge in [0.05, 0.1) is 37.2 Å². The highest BCUT2D eigenvalue weighted by molar-refractivity contribution is 6.33. The van der Waals surface area contributed by atoms with Crippen molar-refractivity contribution in [2.45, 2.75) is 37.4 Å². The van der Waals surface area contributed by atoms with Crippen LogP contribution in [0.4, 0.5) is 28.4 Å². The lowest BCUT2D eigenvalue weighted by atomic mass is 9.82. The number of methoxy groups -OCH3 is 2. The number of nitrogens with zero attached hydrogens (tertiary/aromatic N) is 5. The molecule has 0 aromatic heterocycles. The zero-order valence-corrected chi connectivity index (χ0v) is 55.1. The third-order valence-corrected chi connectivity index (χ3v) is 18.9. The molecule has 3 aliphatic rings. The van der Waals surface area contributed by atoms with Crippen molar-refractivity contribution in [2.75, 3.05) is 36.0 Å². The number of para-hydroxylation sites is 1. The Balaban J connectivity index is 0.000000140. The summed E-state index contributed by atoms with van der Waals surface area (Å²) in [4.78, 5) is 54.5. The fourth-order valence-corrected chi connectivity index (χ4v) is 14.1. The highest BCUT2D eigenvalue weighted by atomic mass is 35.5. The Morgan fingerprint density at radius 2 is 0.832 bits per heavy atom. The summed E-state index contributed by atoms with van der Waals surface area (Å²) in [7, 11) is 5.37. The van der Waals surface area contributed by atoms with Crippen molar-refractivity contribution in [3.8, 4) is 11.5 Å². The number of carbonyl (C=O) groups excluding carboxylic acids is 2. The first-order valence-electron chi connectivity index (χ1n) is 30.2. The molecule has 474 valence electrons. The highest BCUT2D eigenvalue weighted by Gasteiger charge is 2.37. The smallest absolute Gasteiger partial charge is 0.269 e. The molecule has 0 spiro atoms. The van der Waals surface area contributed by atoms with E-state index in [1.54, 1.807) is 36.2 Å². The number of rotatable bonds is 9. The predicted octanol–water partition coefficient (Wildman–Crippen LogP) is 20.0. The normalized spacial score (nSPS) is 14.9. The highest BCUT2D eigenvalue weighted by Crippen LogP contribution is 2.50. The third-order valence-electron chi connectivity index (χ3n) is 17.4. The second kappa shape index (κ2) is 28.3. The first-order valence-corrected chi connectivity index (χ1v) is 32.1. The van der Waals surface area contributed by atoms with Gasteiger partial charge in [-0.15, -0.1) is 0 Å². The molecule has 11 aromatic rings. The van der Waals surface area contributed by atoms with E-state index in [-0.39, 0.29) is 54.0 Å². The summed E-state index contributed by atoms with van der Waals surface area (Å²) in [5.41, 5.74) is 15.4. The lowest BCUT2D eigenvalue weighted by Gasteiger charge is -2.25. The second-order valence-corrected chi connectivity index (χ2v) is 25.0. The van der Waals surface area contributed by atoms with Gasteiger partial charge in [0, 0.05) is 114 Å². The van der Waals surface area contributed by atoms with Crippen LogP contribution in [0.2, 0.25) is 25.1 Å². The van der Waals surface area contributed by atoms with Gasteiger partial charge < -0.3 is 24.2 Å².